The van der Waals surface area contributed by atoms with Crippen molar-refractivity contribution in [1.82, 2.24) is 19.8 Å². The van der Waals surface area contributed by atoms with Crippen LogP contribution in [0.4, 0.5) is 0 Å². The van der Waals surface area contributed by atoms with Gasteiger partial charge in [0.2, 0.25) is 5.91 Å². The van der Waals surface area contributed by atoms with Crippen LogP contribution in [0.2, 0.25) is 0 Å². The quantitative estimate of drug-likeness (QED) is 0.903. The van der Waals surface area contributed by atoms with Gasteiger partial charge in [-0.25, -0.2) is 4.98 Å². The minimum absolute atomic E-state index is 0.0349. The maximum atomic E-state index is 13.5. The van der Waals surface area contributed by atoms with E-state index in [9.17, 15) is 4.79 Å². The number of carbonyl (C=O) groups is 1. The molecule has 5 rings (SSSR count). The molecule has 2 fully saturated rings. The molecule has 5 nitrogen and oxygen atoms in total. The van der Waals surface area contributed by atoms with Crippen LogP contribution in [0.25, 0.3) is 0 Å². The third-order valence-electron chi connectivity index (χ3n) is 6.68. The number of piperazine rings is 1. The highest BCUT2D eigenvalue weighted by Crippen LogP contribution is 2.61. The molecule has 3 unspecified atom stereocenters. The molecule has 1 N–H and O–H groups in total. The summed E-state index contributed by atoms with van der Waals surface area (Å²) in [7, 11) is 2.01. The van der Waals surface area contributed by atoms with E-state index in [0.29, 0.717) is 5.91 Å². The van der Waals surface area contributed by atoms with Crippen molar-refractivity contribution in [1.29, 1.82) is 0 Å². The van der Waals surface area contributed by atoms with Crippen LogP contribution in [-0.2, 0) is 23.7 Å². The van der Waals surface area contributed by atoms with Crippen molar-refractivity contribution >= 4 is 5.91 Å². The largest absolute Gasteiger partial charge is 0.336 e. The van der Waals surface area contributed by atoms with Gasteiger partial charge in [-0.15, -0.1) is 0 Å². The molecule has 3 atom stereocenters. The van der Waals surface area contributed by atoms with Crippen LogP contribution >= 0.6 is 0 Å². The highest BCUT2D eigenvalue weighted by atomic mass is 16.2. The van der Waals surface area contributed by atoms with Gasteiger partial charge in [-0.3, -0.25) is 4.79 Å². The van der Waals surface area contributed by atoms with Gasteiger partial charge in [0, 0.05) is 50.4 Å². The number of carbonyl (C=O) groups excluding carboxylic acids is 1. The first kappa shape index (κ1) is 16.1. The fourth-order valence-corrected chi connectivity index (χ4v) is 5.25. The molecule has 0 radical (unpaired) electrons. The first-order valence-corrected chi connectivity index (χ1v) is 9.77. The smallest absolute Gasteiger partial charge is 0.227 e. The molecular formula is C21H26N4O. The second kappa shape index (κ2) is 5.95. The van der Waals surface area contributed by atoms with Crippen LogP contribution in [0.5, 0.6) is 0 Å². The molecule has 1 saturated carbocycles. The van der Waals surface area contributed by atoms with Crippen molar-refractivity contribution in [2.24, 2.45) is 13.0 Å². The lowest BCUT2D eigenvalue weighted by Gasteiger charge is -2.37. The molecule has 1 aromatic carbocycles. The van der Waals surface area contributed by atoms with E-state index in [1.807, 2.05) is 24.0 Å². The van der Waals surface area contributed by atoms with E-state index in [1.54, 1.807) is 0 Å². The number of aryl methyl sites for hydroxylation is 2. The van der Waals surface area contributed by atoms with Crippen molar-refractivity contribution in [3.05, 3.63) is 53.6 Å². The van der Waals surface area contributed by atoms with E-state index in [2.05, 4.69) is 39.5 Å². The summed E-state index contributed by atoms with van der Waals surface area (Å²) in [4.78, 5) is 20.1. The second-order valence-electron chi connectivity index (χ2n) is 8.07. The Labute approximate surface area is 154 Å². The molecule has 26 heavy (non-hydrogen) atoms. The minimum atomic E-state index is 0.0349. The SMILES string of the molecule is Cn1ccnc1C1CNCCN1C(=O)C1CC12CCCc1ccccc12. The van der Waals surface area contributed by atoms with Crippen LogP contribution in [0.1, 0.15) is 42.3 Å². The van der Waals surface area contributed by atoms with Crippen LogP contribution in [-0.4, -0.2) is 40.0 Å². The Morgan fingerprint density at radius 1 is 1.35 bits per heavy atom. The molecular weight excluding hydrogens is 324 g/mol. The fourth-order valence-electron chi connectivity index (χ4n) is 5.25. The summed E-state index contributed by atoms with van der Waals surface area (Å²) in [5.41, 5.74) is 2.99. The molecule has 136 valence electrons. The highest BCUT2D eigenvalue weighted by Gasteiger charge is 2.61. The maximum absolute atomic E-state index is 13.5. The Balaban J connectivity index is 1.43. The van der Waals surface area contributed by atoms with Crippen molar-refractivity contribution in [2.45, 2.75) is 37.1 Å². The van der Waals surface area contributed by atoms with Gasteiger partial charge < -0.3 is 14.8 Å². The zero-order valence-electron chi connectivity index (χ0n) is 15.3. The van der Waals surface area contributed by atoms with Crippen LogP contribution in [0.15, 0.2) is 36.7 Å². The zero-order chi connectivity index (χ0) is 17.7. The van der Waals surface area contributed by atoms with Gasteiger partial charge in [-0.05, 0) is 36.8 Å². The molecule has 1 amide bonds. The normalized spacial score (nSPS) is 30.3. The fraction of sp³-hybridized carbons (Fsp3) is 0.524. The average Bonchev–Trinajstić information content (AvgIpc) is 3.23. The van der Waals surface area contributed by atoms with E-state index >= 15 is 0 Å². The maximum Gasteiger partial charge on any atom is 0.227 e. The Morgan fingerprint density at radius 3 is 3.08 bits per heavy atom. The molecule has 1 aliphatic heterocycles. The topological polar surface area (TPSA) is 50.2 Å². The summed E-state index contributed by atoms with van der Waals surface area (Å²) in [6.45, 7) is 2.42. The molecule has 0 bridgehead atoms. The molecule has 3 aliphatic rings. The lowest BCUT2D eigenvalue weighted by molar-refractivity contribution is -0.136. The molecule has 1 spiro atoms. The second-order valence-corrected chi connectivity index (χ2v) is 8.07. The van der Waals surface area contributed by atoms with Gasteiger partial charge >= 0.3 is 0 Å². The summed E-state index contributed by atoms with van der Waals surface area (Å²) in [6.07, 6.45) is 8.30. The number of nitrogens with one attached hydrogen (secondary N) is 1. The third kappa shape index (κ3) is 2.33. The summed E-state index contributed by atoms with van der Waals surface area (Å²) < 4.78 is 2.04. The summed E-state index contributed by atoms with van der Waals surface area (Å²) in [6, 6.07) is 8.80. The Hall–Kier alpha value is -2.14. The number of hydrogen-bond donors (Lipinski definition) is 1. The third-order valence-corrected chi connectivity index (χ3v) is 6.68. The van der Waals surface area contributed by atoms with Crippen molar-refractivity contribution < 1.29 is 4.79 Å². The van der Waals surface area contributed by atoms with Crippen molar-refractivity contribution in [3.8, 4) is 0 Å². The summed E-state index contributed by atoms with van der Waals surface area (Å²) in [5, 5.41) is 3.43. The summed E-state index contributed by atoms with van der Waals surface area (Å²) >= 11 is 0. The highest BCUT2D eigenvalue weighted by molar-refractivity contribution is 5.85. The predicted octanol–water partition coefficient (Wildman–Crippen LogP) is 2.19. The van der Waals surface area contributed by atoms with E-state index in [1.165, 1.54) is 17.5 Å². The standard InChI is InChI=1S/C21H26N4O/c1-24-11-10-23-19(24)18-14-22-9-12-25(18)20(26)17-13-21(17)8-4-6-15-5-2-3-7-16(15)21/h2-3,5,7,10-11,17-18,22H,4,6,8-9,12-14H2,1H3. The lowest BCUT2D eigenvalue weighted by atomic mass is 9.78. The van der Waals surface area contributed by atoms with Crippen molar-refractivity contribution in [3.63, 3.8) is 0 Å². The number of amides is 1. The zero-order valence-corrected chi connectivity index (χ0v) is 15.3. The number of benzene rings is 1. The number of rotatable bonds is 2. The number of fused-ring (bicyclic) bond motifs is 2. The van der Waals surface area contributed by atoms with E-state index in [-0.39, 0.29) is 17.4 Å². The predicted molar refractivity (Wildman–Crippen MR) is 99.7 cm³/mol. The molecule has 2 aromatic rings. The average molecular weight is 350 g/mol. The van der Waals surface area contributed by atoms with E-state index in [4.69, 9.17) is 0 Å². The van der Waals surface area contributed by atoms with E-state index < -0.39 is 0 Å². The van der Waals surface area contributed by atoms with Gasteiger partial charge in [0.25, 0.3) is 0 Å². The van der Waals surface area contributed by atoms with Crippen LogP contribution in [0.3, 0.4) is 0 Å². The van der Waals surface area contributed by atoms with Crippen molar-refractivity contribution in [2.75, 3.05) is 19.6 Å². The van der Waals surface area contributed by atoms with Gasteiger partial charge in [-0.2, -0.15) is 0 Å². The number of hydrogen-bond acceptors (Lipinski definition) is 3. The van der Waals surface area contributed by atoms with Crippen LogP contribution < -0.4 is 5.32 Å². The van der Waals surface area contributed by atoms with Crippen LogP contribution in [0, 0.1) is 5.92 Å². The lowest BCUT2D eigenvalue weighted by Crippen LogP contribution is -2.50. The molecule has 5 heteroatoms. The van der Waals surface area contributed by atoms with E-state index in [0.717, 1.165) is 44.7 Å². The number of imidazole rings is 1. The van der Waals surface area contributed by atoms with Gasteiger partial charge in [-0.1, -0.05) is 24.3 Å². The van der Waals surface area contributed by atoms with Gasteiger partial charge in [0.1, 0.15) is 11.9 Å². The molecule has 1 aromatic heterocycles. The summed E-state index contributed by atoms with van der Waals surface area (Å²) in [5.74, 6) is 1.45. The van der Waals surface area contributed by atoms with Gasteiger partial charge in [0.05, 0.1) is 0 Å². The Kier molecular flexibility index (Phi) is 3.67. The minimum Gasteiger partial charge on any atom is -0.336 e. The number of aromatic nitrogens is 2. The first-order chi connectivity index (χ1) is 12.7. The first-order valence-electron chi connectivity index (χ1n) is 9.77. The molecule has 2 aliphatic carbocycles. The Bertz CT molecular complexity index is 844. The monoisotopic (exact) mass is 350 g/mol. The number of nitrogens with zero attached hydrogens (tertiary/aromatic N) is 3. The molecule has 2 heterocycles. The molecule has 1 saturated heterocycles. The Morgan fingerprint density at radius 2 is 2.23 bits per heavy atom. The van der Waals surface area contributed by atoms with Gasteiger partial charge in [0.15, 0.2) is 0 Å².